The average Bonchev–Trinajstić information content (AvgIpc) is 2.72. The molecule has 1 aliphatic rings. The Balaban J connectivity index is 1.93. The molecular weight excluding hydrogens is 204 g/mol. The fourth-order valence-electron chi connectivity index (χ4n) is 2.00. The van der Waals surface area contributed by atoms with Gasteiger partial charge in [-0.15, -0.1) is 0 Å². The van der Waals surface area contributed by atoms with Crippen LogP contribution in [-0.4, -0.2) is 28.1 Å². The molecule has 2 rings (SSSR count). The number of Topliss-reactive ketones (excluding diaryl/α,β-unsaturated/α-hetero) is 1. The van der Waals surface area contributed by atoms with Gasteiger partial charge in [0, 0.05) is 44.2 Å². The highest BCUT2D eigenvalue weighted by Gasteiger charge is 2.20. The minimum Gasteiger partial charge on any atom is -0.365 e. The monoisotopic (exact) mass is 220 g/mol. The van der Waals surface area contributed by atoms with Crippen LogP contribution >= 0.6 is 0 Å². The number of ketones is 1. The number of hydrogen-bond donors (Lipinski definition) is 1. The predicted molar refractivity (Wildman–Crippen MR) is 59.8 cm³/mol. The SMILES string of the molecule is CC(=O)CCC(=O)N1CCc2[nH]ccc2C1. The summed E-state index contributed by atoms with van der Waals surface area (Å²) in [7, 11) is 0. The molecule has 1 aromatic rings. The number of carbonyl (C=O) groups is 2. The molecule has 4 nitrogen and oxygen atoms in total. The lowest BCUT2D eigenvalue weighted by molar-refractivity contribution is -0.133. The molecule has 86 valence electrons. The van der Waals surface area contributed by atoms with Crippen molar-refractivity contribution in [3.8, 4) is 0 Å². The zero-order valence-corrected chi connectivity index (χ0v) is 9.45. The number of aromatic nitrogens is 1. The Hall–Kier alpha value is -1.58. The number of carbonyl (C=O) groups excluding carboxylic acids is 2. The predicted octanol–water partition coefficient (Wildman–Crippen LogP) is 1.27. The molecule has 0 fully saturated rings. The lowest BCUT2D eigenvalue weighted by atomic mass is 10.1. The first-order chi connectivity index (χ1) is 7.66. The minimum atomic E-state index is 0.0766. The summed E-state index contributed by atoms with van der Waals surface area (Å²) in [4.78, 5) is 27.6. The maximum absolute atomic E-state index is 11.8. The molecule has 0 aliphatic carbocycles. The van der Waals surface area contributed by atoms with E-state index in [4.69, 9.17) is 0 Å². The van der Waals surface area contributed by atoms with Crippen molar-refractivity contribution in [2.45, 2.75) is 32.7 Å². The smallest absolute Gasteiger partial charge is 0.223 e. The summed E-state index contributed by atoms with van der Waals surface area (Å²) in [5, 5.41) is 0. The van der Waals surface area contributed by atoms with Crippen LogP contribution in [0.15, 0.2) is 12.3 Å². The zero-order chi connectivity index (χ0) is 11.5. The molecule has 1 aromatic heterocycles. The number of nitrogens with one attached hydrogen (secondary N) is 1. The topological polar surface area (TPSA) is 53.2 Å². The van der Waals surface area contributed by atoms with E-state index in [1.807, 2.05) is 17.2 Å². The highest BCUT2D eigenvalue weighted by molar-refractivity contribution is 5.83. The van der Waals surface area contributed by atoms with E-state index in [-0.39, 0.29) is 11.7 Å². The van der Waals surface area contributed by atoms with Crippen molar-refractivity contribution in [1.82, 2.24) is 9.88 Å². The van der Waals surface area contributed by atoms with E-state index in [0.717, 1.165) is 13.0 Å². The Morgan fingerprint density at radius 1 is 1.44 bits per heavy atom. The van der Waals surface area contributed by atoms with E-state index in [0.29, 0.717) is 19.4 Å². The highest BCUT2D eigenvalue weighted by Crippen LogP contribution is 2.18. The van der Waals surface area contributed by atoms with E-state index in [9.17, 15) is 9.59 Å². The number of nitrogens with zero attached hydrogens (tertiary/aromatic N) is 1. The van der Waals surface area contributed by atoms with Crippen molar-refractivity contribution in [1.29, 1.82) is 0 Å². The van der Waals surface area contributed by atoms with Gasteiger partial charge in [-0.05, 0) is 18.6 Å². The molecule has 4 heteroatoms. The molecule has 16 heavy (non-hydrogen) atoms. The first-order valence-corrected chi connectivity index (χ1v) is 5.59. The van der Waals surface area contributed by atoms with E-state index in [1.165, 1.54) is 18.2 Å². The van der Waals surface area contributed by atoms with Crippen molar-refractivity contribution >= 4 is 11.7 Å². The molecule has 0 unspecified atom stereocenters. The van der Waals surface area contributed by atoms with Gasteiger partial charge in [-0.3, -0.25) is 4.79 Å². The van der Waals surface area contributed by atoms with Crippen molar-refractivity contribution in [2.24, 2.45) is 0 Å². The summed E-state index contributed by atoms with van der Waals surface area (Å²) in [5.41, 5.74) is 2.43. The molecule has 1 aliphatic heterocycles. The lowest BCUT2D eigenvalue weighted by Crippen LogP contribution is -2.35. The molecule has 0 radical (unpaired) electrons. The molecule has 0 saturated heterocycles. The molecule has 1 N–H and O–H groups in total. The van der Waals surface area contributed by atoms with Crippen molar-refractivity contribution in [3.05, 3.63) is 23.5 Å². The van der Waals surface area contributed by atoms with Crippen LogP contribution < -0.4 is 0 Å². The van der Waals surface area contributed by atoms with Crippen LogP contribution in [0.4, 0.5) is 0 Å². The van der Waals surface area contributed by atoms with Crippen molar-refractivity contribution in [3.63, 3.8) is 0 Å². The number of fused-ring (bicyclic) bond motifs is 1. The van der Waals surface area contributed by atoms with Crippen LogP contribution in [-0.2, 0) is 22.6 Å². The van der Waals surface area contributed by atoms with Crippen molar-refractivity contribution in [2.75, 3.05) is 6.54 Å². The summed E-state index contributed by atoms with van der Waals surface area (Å²) >= 11 is 0. The molecule has 0 bridgehead atoms. The Kier molecular flexibility index (Phi) is 3.08. The lowest BCUT2D eigenvalue weighted by Gasteiger charge is -2.27. The van der Waals surface area contributed by atoms with Gasteiger partial charge in [0.25, 0.3) is 0 Å². The average molecular weight is 220 g/mol. The van der Waals surface area contributed by atoms with E-state index < -0.39 is 0 Å². The van der Waals surface area contributed by atoms with E-state index >= 15 is 0 Å². The molecule has 2 heterocycles. The largest absolute Gasteiger partial charge is 0.365 e. The highest BCUT2D eigenvalue weighted by atomic mass is 16.2. The second-order valence-electron chi connectivity index (χ2n) is 4.25. The van der Waals surface area contributed by atoms with Gasteiger partial charge < -0.3 is 14.7 Å². The molecule has 0 aromatic carbocycles. The Morgan fingerprint density at radius 3 is 3.00 bits per heavy atom. The fraction of sp³-hybridized carbons (Fsp3) is 0.500. The van der Waals surface area contributed by atoms with Gasteiger partial charge in [-0.1, -0.05) is 0 Å². The maximum Gasteiger partial charge on any atom is 0.223 e. The van der Waals surface area contributed by atoms with Gasteiger partial charge in [-0.25, -0.2) is 0 Å². The molecular formula is C12H16N2O2. The molecule has 0 spiro atoms. The second-order valence-corrected chi connectivity index (χ2v) is 4.25. The number of H-pyrrole nitrogens is 1. The summed E-state index contributed by atoms with van der Waals surface area (Å²) in [6.07, 6.45) is 3.49. The third-order valence-electron chi connectivity index (χ3n) is 2.97. The minimum absolute atomic E-state index is 0.0766. The van der Waals surface area contributed by atoms with Crippen LogP contribution in [0, 0.1) is 0 Å². The summed E-state index contributed by atoms with van der Waals surface area (Å²) in [6, 6.07) is 2.01. The Labute approximate surface area is 94.6 Å². The number of hydrogen-bond acceptors (Lipinski definition) is 2. The van der Waals surface area contributed by atoms with Crippen molar-refractivity contribution < 1.29 is 9.59 Å². The zero-order valence-electron chi connectivity index (χ0n) is 9.45. The van der Waals surface area contributed by atoms with E-state index in [2.05, 4.69) is 4.98 Å². The number of amides is 1. The molecule has 0 saturated carbocycles. The molecule has 1 amide bonds. The van der Waals surface area contributed by atoms with E-state index in [1.54, 1.807) is 0 Å². The summed E-state index contributed by atoms with van der Waals surface area (Å²) < 4.78 is 0. The first-order valence-electron chi connectivity index (χ1n) is 5.59. The summed E-state index contributed by atoms with van der Waals surface area (Å²) in [5.74, 6) is 0.162. The van der Waals surface area contributed by atoms with Crippen LogP contribution in [0.1, 0.15) is 31.0 Å². The maximum atomic E-state index is 11.8. The van der Waals surface area contributed by atoms with Crippen LogP contribution in [0.25, 0.3) is 0 Å². The standard InChI is InChI=1S/C12H16N2O2/c1-9(15)2-3-12(16)14-7-5-11-10(8-14)4-6-13-11/h4,6,13H,2-3,5,7-8H2,1H3. The quantitative estimate of drug-likeness (QED) is 0.834. The van der Waals surface area contributed by atoms with Gasteiger partial charge in [0.05, 0.1) is 0 Å². The fourth-order valence-corrected chi connectivity index (χ4v) is 2.00. The third-order valence-corrected chi connectivity index (χ3v) is 2.97. The van der Waals surface area contributed by atoms with Crippen LogP contribution in [0.2, 0.25) is 0 Å². The first kappa shape index (κ1) is 10.9. The Bertz CT molecular complexity index is 409. The summed E-state index contributed by atoms with van der Waals surface area (Å²) in [6.45, 7) is 2.95. The van der Waals surface area contributed by atoms with Gasteiger partial charge in [0.2, 0.25) is 5.91 Å². The van der Waals surface area contributed by atoms with Crippen LogP contribution in [0.5, 0.6) is 0 Å². The normalized spacial score (nSPS) is 14.7. The van der Waals surface area contributed by atoms with Crippen LogP contribution in [0.3, 0.4) is 0 Å². The number of rotatable bonds is 3. The van der Waals surface area contributed by atoms with Gasteiger partial charge in [0.15, 0.2) is 0 Å². The van der Waals surface area contributed by atoms with Gasteiger partial charge in [-0.2, -0.15) is 0 Å². The second kappa shape index (κ2) is 4.51. The Morgan fingerprint density at radius 2 is 2.25 bits per heavy atom. The molecule has 0 atom stereocenters. The van der Waals surface area contributed by atoms with Gasteiger partial charge in [0.1, 0.15) is 5.78 Å². The number of aromatic amines is 1. The third kappa shape index (κ3) is 2.32. The van der Waals surface area contributed by atoms with Gasteiger partial charge >= 0.3 is 0 Å².